The van der Waals surface area contributed by atoms with Crippen LogP contribution in [-0.4, -0.2) is 64.4 Å². The number of esters is 3. The van der Waals surface area contributed by atoms with E-state index < -0.39 is 70.8 Å². The molecule has 1 N–H and O–H groups in total. The maximum atomic E-state index is 14.2. The van der Waals surface area contributed by atoms with Crippen LogP contribution in [0.5, 0.6) is 0 Å². The van der Waals surface area contributed by atoms with Crippen molar-refractivity contribution in [2.75, 3.05) is 0 Å². The summed E-state index contributed by atoms with van der Waals surface area (Å²) in [5, 5.41) is 11.7. The van der Waals surface area contributed by atoms with Crippen LogP contribution in [0.25, 0.3) is 0 Å². The summed E-state index contributed by atoms with van der Waals surface area (Å²) in [4.78, 5) is 51.3. The molecule has 3 fully saturated rings. The second-order valence-electron chi connectivity index (χ2n) is 12.2. The van der Waals surface area contributed by atoms with E-state index >= 15 is 0 Å². The van der Waals surface area contributed by atoms with Gasteiger partial charge < -0.3 is 24.1 Å². The lowest BCUT2D eigenvalue weighted by Crippen LogP contribution is -2.43. The first-order chi connectivity index (χ1) is 17.6. The third-order valence-corrected chi connectivity index (χ3v) is 9.29. The molecule has 38 heavy (non-hydrogen) atoms. The minimum absolute atomic E-state index is 0.204. The second kappa shape index (κ2) is 9.30. The molecular formula is C29H40O9. The van der Waals surface area contributed by atoms with Gasteiger partial charge in [-0.3, -0.25) is 14.4 Å². The molecule has 2 saturated carbocycles. The Morgan fingerprint density at radius 2 is 1.66 bits per heavy atom. The molecule has 1 saturated heterocycles. The molecule has 0 radical (unpaired) electrons. The average molecular weight is 533 g/mol. The summed E-state index contributed by atoms with van der Waals surface area (Å²) >= 11 is 0. The monoisotopic (exact) mass is 532 g/mol. The molecule has 0 aromatic rings. The van der Waals surface area contributed by atoms with Gasteiger partial charge >= 0.3 is 17.9 Å². The van der Waals surface area contributed by atoms with E-state index in [1.54, 1.807) is 39.8 Å². The Kier molecular flexibility index (Phi) is 6.97. The first-order valence-corrected chi connectivity index (χ1v) is 13.4. The number of carbonyl (C=O) groups is 4. The van der Waals surface area contributed by atoms with E-state index in [4.69, 9.17) is 18.9 Å². The van der Waals surface area contributed by atoms with Crippen LogP contribution in [-0.2, 0) is 38.1 Å². The standard InChI is InChI=1S/C29H40O9/c1-10-13(2)26(34)37-22-14(3)11-29-25(36-18(7)31)15(4)12-28(29,38-29)24(33)16(5)23(35-17(6)30)20-19(21(22)32)27(20,8)9/h10-11,15-16,19-23,25,32H,12H2,1-9H3/b13-10-,14-11+/t15-,16+,19+,20-,21-,22+,23-,25-,28-,29-/m0/s1. The molecule has 0 spiro atoms. The molecule has 1 aliphatic heterocycles. The fraction of sp³-hybridized carbons (Fsp3) is 0.724. The lowest BCUT2D eigenvalue weighted by atomic mass is 9.80. The molecule has 9 heteroatoms. The number of epoxide rings is 1. The van der Waals surface area contributed by atoms with Crippen LogP contribution in [0.1, 0.15) is 68.7 Å². The summed E-state index contributed by atoms with van der Waals surface area (Å²) in [5.41, 5.74) is -2.19. The van der Waals surface area contributed by atoms with Crippen molar-refractivity contribution in [2.24, 2.45) is 29.1 Å². The quantitative estimate of drug-likeness (QED) is 0.191. The van der Waals surface area contributed by atoms with Gasteiger partial charge in [-0.1, -0.05) is 33.8 Å². The largest absolute Gasteiger partial charge is 0.461 e. The first kappa shape index (κ1) is 28.5. The fourth-order valence-corrected chi connectivity index (χ4v) is 7.25. The minimum atomic E-state index is -1.29. The molecule has 3 aliphatic carbocycles. The normalized spacial score (nSPS) is 44.7. The van der Waals surface area contributed by atoms with Crippen LogP contribution in [0.15, 0.2) is 23.3 Å². The van der Waals surface area contributed by atoms with E-state index in [1.807, 2.05) is 20.8 Å². The second-order valence-corrected chi connectivity index (χ2v) is 12.2. The highest BCUT2D eigenvalue weighted by Gasteiger charge is 2.84. The van der Waals surface area contributed by atoms with Gasteiger partial charge in [0, 0.05) is 31.3 Å². The molecular weight excluding hydrogens is 492 g/mol. The van der Waals surface area contributed by atoms with E-state index in [0.29, 0.717) is 17.6 Å². The van der Waals surface area contributed by atoms with Gasteiger partial charge in [0.2, 0.25) is 0 Å². The summed E-state index contributed by atoms with van der Waals surface area (Å²) in [5.74, 6) is -3.56. The Balaban J connectivity index is 1.89. The predicted molar refractivity (Wildman–Crippen MR) is 135 cm³/mol. The van der Waals surface area contributed by atoms with E-state index in [0.717, 1.165) is 0 Å². The summed E-state index contributed by atoms with van der Waals surface area (Å²) in [6, 6.07) is 0. The average Bonchev–Trinajstić information content (AvgIpc) is 3.62. The van der Waals surface area contributed by atoms with Crippen molar-refractivity contribution in [3.8, 4) is 0 Å². The molecule has 4 aliphatic rings. The maximum absolute atomic E-state index is 14.2. The molecule has 0 unspecified atom stereocenters. The molecule has 1 heterocycles. The highest BCUT2D eigenvalue weighted by Crippen LogP contribution is 2.68. The number of fused-ring (bicyclic) bond motifs is 1. The van der Waals surface area contributed by atoms with Crippen LogP contribution >= 0.6 is 0 Å². The van der Waals surface area contributed by atoms with E-state index in [2.05, 4.69) is 0 Å². The van der Waals surface area contributed by atoms with Gasteiger partial charge in [0.25, 0.3) is 0 Å². The number of Topliss-reactive ketones (excluding diaryl/α,β-unsaturated/α-hetero) is 1. The highest BCUT2D eigenvalue weighted by atomic mass is 16.7. The van der Waals surface area contributed by atoms with Gasteiger partial charge in [-0.25, -0.2) is 4.79 Å². The van der Waals surface area contributed by atoms with Gasteiger partial charge in [0.1, 0.15) is 18.3 Å². The molecule has 10 atom stereocenters. The highest BCUT2D eigenvalue weighted by molar-refractivity contribution is 5.96. The number of ether oxygens (including phenoxy) is 4. The van der Waals surface area contributed by atoms with Crippen molar-refractivity contribution >= 4 is 23.7 Å². The van der Waals surface area contributed by atoms with Crippen molar-refractivity contribution in [1.82, 2.24) is 0 Å². The molecule has 0 aromatic carbocycles. The van der Waals surface area contributed by atoms with Gasteiger partial charge in [0.15, 0.2) is 17.0 Å². The lowest BCUT2D eigenvalue weighted by molar-refractivity contribution is -0.154. The molecule has 4 rings (SSSR count). The number of aliphatic hydroxyl groups is 1. The zero-order valence-electron chi connectivity index (χ0n) is 23.7. The summed E-state index contributed by atoms with van der Waals surface area (Å²) in [6.07, 6.45) is -0.128. The maximum Gasteiger partial charge on any atom is 0.334 e. The predicted octanol–water partition coefficient (Wildman–Crippen LogP) is 3.07. The molecule has 0 amide bonds. The van der Waals surface area contributed by atoms with Gasteiger partial charge in [-0.05, 0) is 50.2 Å². The molecule has 210 valence electrons. The zero-order valence-corrected chi connectivity index (χ0v) is 23.7. The molecule has 0 bridgehead atoms. The topological polar surface area (TPSA) is 129 Å². The zero-order chi connectivity index (χ0) is 28.5. The van der Waals surface area contributed by atoms with Gasteiger partial charge in [-0.15, -0.1) is 0 Å². The van der Waals surface area contributed by atoms with Crippen LogP contribution in [0, 0.1) is 29.1 Å². The number of hydrogen-bond acceptors (Lipinski definition) is 9. The van der Waals surface area contributed by atoms with Crippen molar-refractivity contribution in [1.29, 1.82) is 0 Å². The van der Waals surface area contributed by atoms with E-state index in [1.165, 1.54) is 13.8 Å². The Labute approximate surface area is 223 Å². The Morgan fingerprint density at radius 1 is 1.05 bits per heavy atom. The third kappa shape index (κ3) is 4.13. The number of allylic oxidation sites excluding steroid dienone is 1. The lowest BCUT2D eigenvalue weighted by Gasteiger charge is -2.28. The van der Waals surface area contributed by atoms with E-state index in [-0.39, 0.29) is 17.6 Å². The Hall–Kier alpha value is -2.52. The molecule has 9 nitrogen and oxygen atoms in total. The van der Waals surface area contributed by atoms with Crippen molar-refractivity contribution in [3.63, 3.8) is 0 Å². The number of rotatable bonds is 4. The van der Waals surface area contributed by atoms with Crippen LogP contribution in [0.4, 0.5) is 0 Å². The Morgan fingerprint density at radius 3 is 2.21 bits per heavy atom. The summed E-state index contributed by atoms with van der Waals surface area (Å²) < 4.78 is 23.6. The van der Waals surface area contributed by atoms with Crippen molar-refractivity contribution in [3.05, 3.63) is 23.3 Å². The van der Waals surface area contributed by atoms with Crippen LogP contribution < -0.4 is 0 Å². The molecule has 0 aromatic heterocycles. The smallest absolute Gasteiger partial charge is 0.334 e. The van der Waals surface area contributed by atoms with Gasteiger partial charge in [0.05, 0.1) is 12.0 Å². The third-order valence-electron chi connectivity index (χ3n) is 9.29. The first-order valence-electron chi connectivity index (χ1n) is 13.4. The SMILES string of the molecule is C/C=C(/C)C(=O)O[C@@H]1/C(C)=C/[C@@]23O[C@@]2(C[C@H](C)[C@@H]3OC(C)=O)C(=O)[C@H](C)[C@H](OC(C)=O)[C@@H]2[C@H]([C@@H]1O)C2(C)C. The number of carbonyl (C=O) groups excluding carboxylic acids is 4. The number of aliphatic hydroxyl groups excluding tert-OH is 1. The van der Waals surface area contributed by atoms with Gasteiger partial charge in [-0.2, -0.15) is 0 Å². The summed E-state index contributed by atoms with van der Waals surface area (Å²) in [7, 11) is 0. The van der Waals surface area contributed by atoms with Crippen molar-refractivity contribution < 1.29 is 43.2 Å². The number of hydrogen-bond donors (Lipinski definition) is 1. The fourth-order valence-electron chi connectivity index (χ4n) is 7.25. The minimum Gasteiger partial charge on any atom is -0.461 e. The number of ketones is 1. The summed E-state index contributed by atoms with van der Waals surface area (Å²) in [6.45, 7) is 15.2. The Bertz CT molecular complexity index is 1120. The van der Waals surface area contributed by atoms with Crippen LogP contribution in [0.3, 0.4) is 0 Å². The van der Waals surface area contributed by atoms with Crippen molar-refractivity contribution in [2.45, 2.75) is 104 Å². The van der Waals surface area contributed by atoms with Crippen LogP contribution in [0.2, 0.25) is 0 Å². The van der Waals surface area contributed by atoms with E-state index in [9.17, 15) is 24.3 Å².